The second kappa shape index (κ2) is 34.0. The van der Waals surface area contributed by atoms with Gasteiger partial charge >= 0.3 is 5.97 Å². The van der Waals surface area contributed by atoms with Crippen LogP contribution >= 0.6 is 12.2 Å². The summed E-state index contributed by atoms with van der Waals surface area (Å²) >= 11 is 5.40. The van der Waals surface area contributed by atoms with Gasteiger partial charge in [-0.1, -0.05) is 138 Å². The van der Waals surface area contributed by atoms with Crippen LogP contribution in [0, 0.1) is 17.8 Å². The SMILES string of the molecule is C=C(/C=C\C(C)=C/C)NC(=S)N1CCC(C(C)C(=O)O)CC1.C=C/C=c1/cc[nH]/c1=C/C.CC.CC.CCC.CCCC(C)C. The van der Waals surface area contributed by atoms with E-state index in [-0.39, 0.29) is 11.8 Å². The monoisotopic (exact) mass is 646 g/mol. The molecule has 1 aliphatic rings. The number of aromatic nitrogens is 1. The van der Waals surface area contributed by atoms with Crippen molar-refractivity contribution in [2.24, 2.45) is 17.8 Å². The van der Waals surface area contributed by atoms with Crippen LogP contribution in [-0.2, 0) is 4.79 Å². The summed E-state index contributed by atoms with van der Waals surface area (Å²) < 4.78 is 0. The van der Waals surface area contributed by atoms with Crippen molar-refractivity contribution in [2.45, 2.75) is 122 Å². The van der Waals surface area contributed by atoms with Crippen LogP contribution in [0.1, 0.15) is 122 Å². The van der Waals surface area contributed by atoms with Crippen LogP contribution < -0.4 is 15.9 Å². The smallest absolute Gasteiger partial charge is 0.306 e. The Morgan fingerprint density at radius 2 is 1.64 bits per heavy atom. The highest BCUT2D eigenvalue weighted by Gasteiger charge is 2.28. The number of carbonyl (C=O) groups is 1. The summed E-state index contributed by atoms with van der Waals surface area (Å²) in [5.74, 6) is 0.134. The number of hydrogen-bond acceptors (Lipinski definition) is 2. The third-order valence-corrected chi connectivity index (χ3v) is 6.82. The summed E-state index contributed by atoms with van der Waals surface area (Å²) in [4.78, 5) is 16.2. The Labute approximate surface area is 284 Å². The zero-order chi connectivity index (χ0) is 35.8. The number of carboxylic acid groups (broad SMARTS) is 1. The van der Waals surface area contributed by atoms with Crippen LogP contribution in [-0.4, -0.2) is 39.2 Å². The van der Waals surface area contributed by atoms with Crippen molar-refractivity contribution in [3.63, 3.8) is 0 Å². The van der Waals surface area contributed by atoms with E-state index in [0.29, 0.717) is 5.11 Å². The van der Waals surface area contributed by atoms with E-state index in [1.165, 1.54) is 24.5 Å². The van der Waals surface area contributed by atoms with Crippen molar-refractivity contribution in [2.75, 3.05) is 13.1 Å². The molecule has 0 bridgehead atoms. The highest BCUT2D eigenvalue weighted by molar-refractivity contribution is 7.80. The van der Waals surface area contributed by atoms with E-state index in [2.05, 4.69) is 63.0 Å². The molecule has 0 aliphatic carbocycles. The summed E-state index contributed by atoms with van der Waals surface area (Å²) in [7, 11) is 0. The second-order valence-electron chi connectivity index (χ2n) is 10.7. The van der Waals surface area contributed by atoms with Gasteiger partial charge in [0.15, 0.2) is 5.11 Å². The first kappa shape index (κ1) is 49.0. The number of hydrogen-bond donors (Lipinski definition) is 3. The van der Waals surface area contributed by atoms with E-state index in [9.17, 15) is 4.79 Å². The lowest BCUT2D eigenvalue weighted by atomic mass is 9.85. The van der Waals surface area contributed by atoms with Gasteiger partial charge in [-0.25, -0.2) is 0 Å². The lowest BCUT2D eigenvalue weighted by molar-refractivity contribution is -0.143. The van der Waals surface area contributed by atoms with E-state index in [1.807, 2.05) is 91.1 Å². The van der Waals surface area contributed by atoms with Gasteiger partial charge in [0.1, 0.15) is 0 Å². The largest absolute Gasteiger partial charge is 0.481 e. The number of aliphatic carboxylic acids is 1. The zero-order valence-corrected chi connectivity index (χ0v) is 32.2. The van der Waals surface area contributed by atoms with Gasteiger partial charge in [-0.3, -0.25) is 4.79 Å². The Bertz CT molecular complexity index is 1060. The minimum absolute atomic E-state index is 0.233. The Morgan fingerprint density at radius 3 is 2.02 bits per heavy atom. The number of aromatic amines is 1. The quantitative estimate of drug-likeness (QED) is 0.194. The molecule has 1 aromatic rings. The Morgan fingerprint density at radius 1 is 1.11 bits per heavy atom. The molecule has 0 saturated carbocycles. The van der Waals surface area contributed by atoms with E-state index in [1.54, 1.807) is 13.0 Å². The van der Waals surface area contributed by atoms with Gasteiger partial charge < -0.3 is 20.3 Å². The fourth-order valence-corrected chi connectivity index (χ4v) is 4.20. The number of carboxylic acids is 1. The van der Waals surface area contributed by atoms with Crippen molar-refractivity contribution in [3.8, 4) is 0 Å². The molecule has 1 fully saturated rings. The summed E-state index contributed by atoms with van der Waals surface area (Å²) in [6.45, 7) is 35.9. The molecule has 1 aromatic heterocycles. The predicted octanol–water partition coefficient (Wildman–Crippen LogP) is 10.0. The van der Waals surface area contributed by atoms with Gasteiger partial charge in [-0.05, 0) is 75.0 Å². The molecule has 0 radical (unpaired) electrons. The standard InChI is InChI=1S/C17H26N2O2S.C9H11N.C6H14.C3H8.2C2H6/c1-5-12(2)6-7-13(3)18-17(22)19-10-8-15(9-11-19)14(4)16(20)21;1-3-5-8-6-7-10-9(8)4-2;1-4-5-6(2)3;1-3-2;2*1-2/h5-7,14-15H,3,8-11H2,1-2,4H3,(H,18,22)(H,20,21);3-7,10H,1H2,2H3;6H,4-5H2,1-3H3;3H2,1-2H3;2*1-2H3/b7-6-,12-5-;8-5-,9-4+;;;;. The zero-order valence-electron chi connectivity index (χ0n) is 31.4. The molecular formula is C39H71N3O2S. The molecule has 1 atom stereocenters. The topological polar surface area (TPSA) is 68.4 Å². The van der Waals surface area contributed by atoms with Crippen molar-refractivity contribution >= 4 is 35.5 Å². The molecule has 5 nitrogen and oxygen atoms in total. The van der Waals surface area contributed by atoms with Gasteiger partial charge in [-0.2, -0.15) is 0 Å². The second-order valence-corrected chi connectivity index (χ2v) is 11.1. The maximum atomic E-state index is 11.0. The first-order valence-electron chi connectivity index (χ1n) is 17.1. The molecule has 3 N–H and O–H groups in total. The number of likely N-dealkylation sites (tertiary alicyclic amines) is 1. The minimum Gasteiger partial charge on any atom is -0.481 e. The molecule has 0 spiro atoms. The number of thiocarbonyl (C=S) groups is 1. The average Bonchev–Trinajstić information content (AvgIpc) is 3.50. The highest BCUT2D eigenvalue weighted by Crippen LogP contribution is 2.25. The van der Waals surface area contributed by atoms with Crippen molar-refractivity contribution in [3.05, 3.63) is 71.6 Å². The van der Waals surface area contributed by atoms with Gasteiger partial charge in [-0.15, -0.1) is 0 Å². The fraction of sp³-hybridized carbons (Fsp3) is 0.590. The molecule has 45 heavy (non-hydrogen) atoms. The molecule has 0 amide bonds. The molecule has 2 rings (SSSR count). The van der Waals surface area contributed by atoms with Crippen LogP contribution in [0.4, 0.5) is 0 Å². The average molecular weight is 646 g/mol. The summed E-state index contributed by atoms with van der Waals surface area (Å²) in [6, 6.07) is 2.02. The molecule has 1 unspecified atom stereocenters. The number of allylic oxidation sites excluding steroid dienone is 5. The van der Waals surface area contributed by atoms with Crippen molar-refractivity contribution < 1.29 is 9.90 Å². The molecular weight excluding hydrogens is 575 g/mol. The number of nitrogens with one attached hydrogen (secondary N) is 2. The molecule has 6 heteroatoms. The van der Waals surface area contributed by atoms with E-state index < -0.39 is 5.97 Å². The summed E-state index contributed by atoms with van der Waals surface area (Å²) in [5, 5.41) is 15.2. The van der Waals surface area contributed by atoms with Crippen molar-refractivity contribution in [1.82, 2.24) is 15.2 Å². The predicted molar refractivity (Wildman–Crippen MR) is 208 cm³/mol. The minimum atomic E-state index is -0.711. The first-order valence-corrected chi connectivity index (χ1v) is 17.5. The lowest BCUT2D eigenvalue weighted by Gasteiger charge is -2.35. The van der Waals surface area contributed by atoms with Gasteiger partial charge in [0, 0.05) is 30.3 Å². The molecule has 1 aliphatic heterocycles. The Balaban J connectivity index is -0.000000300. The van der Waals surface area contributed by atoms with Crippen LogP contribution in [0.2, 0.25) is 0 Å². The Hall–Kier alpha value is -2.86. The Kier molecular flexibility index (Phi) is 37.1. The van der Waals surface area contributed by atoms with Gasteiger partial charge in [0.2, 0.25) is 0 Å². The first-order chi connectivity index (χ1) is 21.4. The number of nitrogens with zero attached hydrogens (tertiary/aromatic N) is 1. The number of H-pyrrole nitrogens is 1. The molecule has 1 saturated heterocycles. The van der Waals surface area contributed by atoms with Crippen LogP contribution in [0.5, 0.6) is 0 Å². The third-order valence-electron chi connectivity index (χ3n) is 6.46. The van der Waals surface area contributed by atoms with Gasteiger partial charge in [0.05, 0.1) is 5.92 Å². The van der Waals surface area contributed by atoms with Crippen LogP contribution in [0.3, 0.4) is 0 Å². The highest BCUT2D eigenvalue weighted by atomic mass is 32.1. The van der Waals surface area contributed by atoms with Crippen LogP contribution in [0.25, 0.3) is 12.2 Å². The number of rotatable bonds is 8. The van der Waals surface area contributed by atoms with E-state index >= 15 is 0 Å². The normalized spacial score (nSPS) is 14.1. The molecule has 0 aromatic carbocycles. The summed E-state index contributed by atoms with van der Waals surface area (Å²) in [5.41, 5.74) is 1.92. The maximum absolute atomic E-state index is 11.0. The third kappa shape index (κ3) is 27.2. The van der Waals surface area contributed by atoms with E-state index in [0.717, 1.165) is 48.5 Å². The molecule has 260 valence electrons. The lowest BCUT2D eigenvalue weighted by Crippen LogP contribution is -2.45. The van der Waals surface area contributed by atoms with Crippen molar-refractivity contribution in [1.29, 1.82) is 0 Å². The number of piperidine rings is 1. The fourth-order valence-electron chi connectivity index (χ4n) is 3.88. The van der Waals surface area contributed by atoms with Crippen LogP contribution in [0.15, 0.2) is 61.0 Å². The van der Waals surface area contributed by atoms with Gasteiger partial charge in [0.25, 0.3) is 0 Å². The summed E-state index contributed by atoms with van der Waals surface area (Å²) in [6.07, 6.45) is 19.3. The molecule has 2 heterocycles. The van der Waals surface area contributed by atoms with E-state index in [4.69, 9.17) is 17.3 Å². The maximum Gasteiger partial charge on any atom is 0.306 e.